The average molecular weight is 346 g/mol. The second-order valence-corrected chi connectivity index (χ2v) is 13.2. The van der Waals surface area contributed by atoms with Gasteiger partial charge in [0.1, 0.15) is 14.0 Å². The van der Waals surface area contributed by atoms with Crippen LogP contribution in [0.1, 0.15) is 58.6 Å². The van der Waals surface area contributed by atoms with E-state index in [1.54, 1.807) is 0 Å². The highest BCUT2D eigenvalue weighted by atomic mass is 28.3. The standard InChI is InChI=1S/C20H31NO2Si/c1-15(2)24(16(3)4,17(5)6)13-12-20(14-21(22)23)19-10-8-18(7)9-11-19/h8-11,15-17,20H,14H2,1-7H3/t20-/m1/s1. The zero-order valence-electron chi connectivity index (χ0n) is 16.1. The summed E-state index contributed by atoms with van der Waals surface area (Å²) in [5.74, 6) is 3.01. The molecule has 0 unspecified atom stereocenters. The minimum Gasteiger partial charge on any atom is -0.264 e. The number of nitrogens with zero attached hydrogens (tertiary/aromatic N) is 1. The third-order valence-electron chi connectivity index (χ3n) is 5.14. The van der Waals surface area contributed by atoms with E-state index in [-0.39, 0.29) is 17.4 Å². The molecule has 0 aliphatic heterocycles. The first-order valence-corrected chi connectivity index (χ1v) is 11.1. The van der Waals surface area contributed by atoms with Crippen molar-refractivity contribution in [2.24, 2.45) is 0 Å². The number of hydrogen-bond acceptors (Lipinski definition) is 2. The van der Waals surface area contributed by atoms with Gasteiger partial charge in [-0.15, -0.1) is 5.54 Å². The van der Waals surface area contributed by atoms with Crippen LogP contribution < -0.4 is 0 Å². The van der Waals surface area contributed by atoms with Crippen molar-refractivity contribution in [3.63, 3.8) is 0 Å². The Morgan fingerprint density at radius 2 is 1.46 bits per heavy atom. The van der Waals surface area contributed by atoms with Gasteiger partial charge >= 0.3 is 0 Å². The normalized spacial score (nSPS) is 13.1. The largest absolute Gasteiger partial charge is 0.264 e. The lowest BCUT2D eigenvalue weighted by Gasteiger charge is -2.38. The van der Waals surface area contributed by atoms with Crippen molar-refractivity contribution in [3.8, 4) is 11.5 Å². The van der Waals surface area contributed by atoms with Crippen LogP contribution in [0.3, 0.4) is 0 Å². The summed E-state index contributed by atoms with van der Waals surface area (Å²) in [5, 5.41) is 11.1. The molecule has 0 fully saturated rings. The molecular weight excluding hydrogens is 314 g/mol. The minimum absolute atomic E-state index is 0.130. The van der Waals surface area contributed by atoms with Crippen LogP contribution in [-0.2, 0) is 0 Å². The molecule has 0 radical (unpaired) electrons. The van der Waals surface area contributed by atoms with E-state index in [0.717, 1.165) is 11.1 Å². The topological polar surface area (TPSA) is 43.1 Å². The lowest BCUT2D eigenvalue weighted by molar-refractivity contribution is -0.481. The van der Waals surface area contributed by atoms with E-state index < -0.39 is 8.07 Å². The molecule has 132 valence electrons. The molecule has 1 rings (SSSR count). The SMILES string of the molecule is Cc1ccc([C@H](C#C[Si](C(C)C)(C(C)C)C(C)C)C[N+](=O)[O-])cc1. The molecule has 0 aliphatic carbocycles. The number of hydrogen-bond donors (Lipinski definition) is 0. The lowest BCUT2D eigenvalue weighted by Crippen LogP contribution is -2.43. The fourth-order valence-electron chi connectivity index (χ4n) is 3.83. The molecule has 0 amide bonds. The van der Waals surface area contributed by atoms with Crippen LogP contribution in [0.2, 0.25) is 16.6 Å². The Bertz CT molecular complexity index is 587. The van der Waals surface area contributed by atoms with E-state index in [1.807, 2.05) is 31.2 Å². The van der Waals surface area contributed by atoms with E-state index in [2.05, 4.69) is 53.0 Å². The predicted octanol–water partition coefficient (Wildman–Crippen LogP) is 5.58. The van der Waals surface area contributed by atoms with Gasteiger partial charge < -0.3 is 0 Å². The van der Waals surface area contributed by atoms with Crippen molar-refractivity contribution in [3.05, 3.63) is 45.5 Å². The summed E-state index contributed by atoms with van der Waals surface area (Å²) in [6, 6.07) is 7.95. The Morgan fingerprint density at radius 1 is 1.00 bits per heavy atom. The van der Waals surface area contributed by atoms with Crippen LogP contribution in [0.5, 0.6) is 0 Å². The van der Waals surface area contributed by atoms with E-state index in [0.29, 0.717) is 16.6 Å². The molecule has 1 atom stereocenters. The van der Waals surface area contributed by atoms with Crippen molar-refractivity contribution in [1.82, 2.24) is 0 Å². The summed E-state index contributed by atoms with van der Waals surface area (Å²) in [6.45, 7) is 15.4. The molecule has 0 aromatic heterocycles. The van der Waals surface area contributed by atoms with Crippen LogP contribution in [0.15, 0.2) is 24.3 Å². The molecule has 1 aromatic carbocycles. The first kappa shape index (κ1) is 20.4. The Kier molecular flexibility index (Phi) is 7.22. The zero-order valence-corrected chi connectivity index (χ0v) is 17.1. The number of benzene rings is 1. The number of rotatable bonds is 6. The van der Waals surface area contributed by atoms with E-state index in [1.165, 1.54) is 0 Å². The van der Waals surface area contributed by atoms with Gasteiger partial charge in [-0.3, -0.25) is 10.1 Å². The summed E-state index contributed by atoms with van der Waals surface area (Å²) >= 11 is 0. The maximum absolute atomic E-state index is 11.1. The van der Waals surface area contributed by atoms with Gasteiger partial charge in [-0.1, -0.05) is 77.3 Å². The van der Waals surface area contributed by atoms with Gasteiger partial charge in [0.25, 0.3) is 0 Å². The third kappa shape index (κ3) is 4.70. The fraction of sp³-hybridized carbons (Fsp3) is 0.600. The molecule has 3 nitrogen and oxygen atoms in total. The molecule has 0 saturated carbocycles. The van der Waals surface area contributed by atoms with Gasteiger partial charge in [0, 0.05) is 4.92 Å². The van der Waals surface area contributed by atoms with Gasteiger partial charge in [-0.2, -0.15) is 0 Å². The number of aryl methyl sites for hydroxylation is 1. The van der Waals surface area contributed by atoms with Crippen molar-refractivity contribution >= 4 is 8.07 Å². The minimum atomic E-state index is -1.87. The molecule has 24 heavy (non-hydrogen) atoms. The second kappa shape index (κ2) is 8.48. The number of nitro groups is 1. The van der Waals surface area contributed by atoms with Crippen molar-refractivity contribution in [1.29, 1.82) is 0 Å². The van der Waals surface area contributed by atoms with Gasteiger partial charge in [0.2, 0.25) is 6.54 Å². The van der Waals surface area contributed by atoms with Crippen LogP contribution in [0.4, 0.5) is 0 Å². The summed E-state index contributed by atoms with van der Waals surface area (Å²) < 4.78 is 0. The van der Waals surface area contributed by atoms with Gasteiger partial charge in [0.15, 0.2) is 0 Å². The molecule has 0 saturated heterocycles. The van der Waals surface area contributed by atoms with Crippen molar-refractivity contribution < 1.29 is 4.92 Å². The molecule has 0 spiro atoms. The van der Waals surface area contributed by atoms with E-state index >= 15 is 0 Å². The highest BCUT2D eigenvalue weighted by Crippen LogP contribution is 2.41. The predicted molar refractivity (Wildman–Crippen MR) is 105 cm³/mol. The van der Waals surface area contributed by atoms with Gasteiger partial charge in [0.05, 0.1) is 0 Å². The molecule has 0 heterocycles. The maximum atomic E-state index is 11.1. The highest BCUT2D eigenvalue weighted by Gasteiger charge is 2.41. The van der Waals surface area contributed by atoms with E-state index in [4.69, 9.17) is 0 Å². The monoisotopic (exact) mass is 345 g/mol. The smallest absolute Gasteiger partial charge is 0.221 e. The quantitative estimate of drug-likeness (QED) is 0.292. The lowest BCUT2D eigenvalue weighted by atomic mass is 9.99. The van der Waals surface area contributed by atoms with Gasteiger partial charge in [-0.25, -0.2) is 0 Å². The molecule has 0 aliphatic rings. The summed E-state index contributed by atoms with van der Waals surface area (Å²) in [6.07, 6.45) is 0. The summed E-state index contributed by atoms with van der Waals surface area (Å²) in [7, 11) is -1.87. The third-order valence-corrected chi connectivity index (χ3v) is 11.4. The Labute approximate surface area is 148 Å². The Morgan fingerprint density at radius 3 is 1.83 bits per heavy atom. The zero-order chi connectivity index (χ0) is 18.5. The van der Waals surface area contributed by atoms with Crippen LogP contribution in [0.25, 0.3) is 0 Å². The van der Waals surface area contributed by atoms with Gasteiger partial charge in [-0.05, 0) is 29.1 Å². The molecule has 1 aromatic rings. The maximum Gasteiger partial charge on any atom is 0.221 e. The molecule has 0 N–H and O–H groups in total. The van der Waals surface area contributed by atoms with E-state index in [9.17, 15) is 10.1 Å². The highest BCUT2D eigenvalue weighted by molar-refractivity contribution is 6.90. The summed E-state index contributed by atoms with van der Waals surface area (Å²) in [4.78, 5) is 10.9. The summed E-state index contributed by atoms with van der Waals surface area (Å²) in [5.41, 5.74) is 7.32. The first-order chi connectivity index (χ1) is 11.1. The van der Waals surface area contributed by atoms with Crippen LogP contribution in [-0.4, -0.2) is 19.5 Å². The van der Waals surface area contributed by atoms with Crippen molar-refractivity contribution in [2.75, 3.05) is 6.54 Å². The fourth-order valence-corrected chi connectivity index (χ4v) is 9.12. The Balaban J connectivity index is 3.33. The van der Waals surface area contributed by atoms with Crippen molar-refractivity contribution in [2.45, 2.75) is 71.0 Å². The molecule has 0 bridgehead atoms. The van der Waals surface area contributed by atoms with Crippen LogP contribution in [0, 0.1) is 28.5 Å². The Hall–Kier alpha value is -1.60. The molecular formula is C20H31NO2Si. The van der Waals surface area contributed by atoms with Crippen LogP contribution >= 0.6 is 0 Å². The average Bonchev–Trinajstić information content (AvgIpc) is 2.46. The second-order valence-electron chi connectivity index (χ2n) is 7.65. The molecule has 4 heteroatoms. The first-order valence-electron chi connectivity index (χ1n) is 8.82.